The zero-order chi connectivity index (χ0) is 14.7. The Morgan fingerprint density at radius 1 is 1.05 bits per heavy atom. The molecule has 3 nitrogen and oxygen atoms in total. The number of furan rings is 1. The van der Waals surface area contributed by atoms with Gasteiger partial charge < -0.3 is 4.42 Å². The average molecular weight is 279 g/mol. The predicted octanol–water partition coefficient (Wildman–Crippen LogP) is 3.75. The molecule has 1 aromatic heterocycles. The molecule has 3 heteroatoms. The summed E-state index contributed by atoms with van der Waals surface area (Å²) >= 11 is 0. The van der Waals surface area contributed by atoms with E-state index in [-0.39, 0.29) is 5.78 Å². The minimum Gasteiger partial charge on any atom is -0.453 e. The van der Waals surface area contributed by atoms with Gasteiger partial charge in [-0.25, -0.2) is 0 Å². The monoisotopic (exact) mass is 279 g/mol. The molecule has 0 radical (unpaired) electrons. The van der Waals surface area contributed by atoms with Crippen molar-refractivity contribution in [1.82, 2.24) is 4.90 Å². The van der Waals surface area contributed by atoms with Crippen molar-refractivity contribution in [3.8, 4) is 0 Å². The first-order valence-electron chi connectivity index (χ1n) is 6.96. The summed E-state index contributed by atoms with van der Waals surface area (Å²) in [6.45, 7) is 1.08. The first kappa shape index (κ1) is 13.6. The maximum atomic E-state index is 12.3. The molecule has 0 N–H and O–H groups in total. The molecule has 0 bridgehead atoms. The van der Waals surface area contributed by atoms with E-state index in [4.69, 9.17) is 4.42 Å². The second kappa shape index (κ2) is 5.94. The summed E-state index contributed by atoms with van der Waals surface area (Å²) in [5.41, 5.74) is 1.95. The van der Waals surface area contributed by atoms with Crippen LogP contribution in [-0.2, 0) is 6.54 Å². The molecule has 3 aromatic rings. The number of likely N-dealkylation sites (N-methyl/N-ethyl adjacent to an activating group) is 1. The van der Waals surface area contributed by atoms with E-state index in [1.54, 1.807) is 0 Å². The van der Waals surface area contributed by atoms with Crippen LogP contribution in [0.4, 0.5) is 0 Å². The average Bonchev–Trinajstić information content (AvgIpc) is 2.92. The lowest BCUT2D eigenvalue weighted by Crippen LogP contribution is -2.25. The Bertz CT molecular complexity index is 713. The van der Waals surface area contributed by atoms with Crippen LogP contribution in [0.3, 0.4) is 0 Å². The Labute approximate surface area is 123 Å². The molecule has 0 amide bonds. The smallest absolute Gasteiger partial charge is 0.211 e. The third kappa shape index (κ3) is 3.20. The molecule has 0 saturated heterocycles. The zero-order valence-corrected chi connectivity index (χ0v) is 12.0. The lowest BCUT2D eigenvalue weighted by atomic mass is 10.2. The van der Waals surface area contributed by atoms with Crippen LogP contribution in [-0.4, -0.2) is 24.3 Å². The quantitative estimate of drug-likeness (QED) is 0.667. The van der Waals surface area contributed by atoms with Crippen LogP contribution in [0.25, 0.3) is 11.0 Å². The Kier molecular flexibility index (Phi) is 3.84. The van der Waals surface area contributed by atoms with Gasteiger partial charge in [-0.15, -0.1) is 0 Å². The molecule has 0 aliphatic rings. The minimum absolute atomic E-state index is 0.00429. The number of nitrogens with zero attached hydrogens (tertiary/aromatic N) is 1. The molecular formula is C18H17NO2. The fourth-order valence-electron chi connectivity index (χ4n) is 2.39. The van der Waals surface area contributed by atoms with E-state index in [9.17, 15) is 4.79 Å². The highest BCUT2D eigenvalue weighted by Gasteiger charge is 2.14. The van der Waals surface area contributed by atoms with Gasteiger partial charge in [-0.2, -0.15) is 0 Å². The number of hydrogen-bond acceptors (Lipinski definition) is 3. The fourth-order valence-corrected chi connectivity index (χ4v) is 2.39. The molecule has 0 fully saturated rings. The molecule has 0 aliphatic heterocycles. The second-order valence-electron chi connectivity index (χ2n) is 5.23. The highest BCUT2D eigenvalue weighted by atomic mass is 16.3. The molecule has 0 unspecified atom stereocenters. The van der Waals surface area contributed by atoms with Crippen molar-refractivity contribution in [1.29, 1.82) is 0 Å². The number of carbonyl (C=O) groups excluding carboxylic acids is 1. The van der Waals surface area contributed by atoms with Crippen molar-refractivity contribution in [2.45, 2.75) is 6.54 Å². The molecule has 2 aromatic carbocycles. The standard InChI is InChI=1S/C18H17NO2/c1-19(12-14-7-3-2-4-8-14)13-16(20)18-11-15-9-5-6-10-17(15)21-18/h2-11H,12-13H2,1H3. The van der Waals surface area contributed by atoms with E-state index < -0.39 is 0 Å². The van der Waals surface area contributed by atoms with Crippen LogP contribution < -0.4 is 0 Å². The summed E-state index contributed by atoms with van der Waals surface area (Å²) < 4.78 is 5.60. The van der Waals surface area contributed by atoms with Crippen molar-refractivity contribution in [2.24, 2.45) is 0 Å². The number of carbonyl (C=O) groups is 1. The van der Waals surface area contributed by atoms with Crippen molar-refractivity contribution >= 4 is 16.8 Å². The van der Waals surface area contributed by atoms with Gasteiger partial charge in [-0.05, 0) is 24.7 Å². The van der Waals surface area contributed by atoms with Gasteiger partial charge >= 0.3 is 0 Å². The van der Waals surface area contributed by atoms with Gasteiger partial charge in [-0.3, -0.25) is 9.69 Å². The highest BCUT2D eigenvalue weighted by molar-refractivity contribution is 5.98. The first-order valence-corrected chi connectivity index (χ1v) is 6.96. The lowest BCUT2D eigenvalue weighted by molar-refractivity contribution is 0.0918. The third-order valence-electron chi connectivity index (χ3n) is 3.41. The van der Waals surface area contributed by atoms with Gasteiger partial charge in [0, 0.05) is 11.9 Å². The number of fused-ring (bicyclic) bond motifs is 1. The molecule has 106 valence electrons. The van der Waals surface area contributed by atoms with Gasteiger partial charge in [-0.1, -0.05) is 48.5 Å². The number of para-hydroxylation sites is 1. The van der Waals surface area contributed by atoms with Gasteiger partial charge in [0.15, 0.2) is 5.76 Å². The van der Waals surface area contributed by atoms with Crippen LogP contribution in [0, 0.1) is 0 Å². The number of benzene rings is 2. The summed E-state index contributed by atoms with van der Waals surface area (Å²) in [6, 6.07) is 19.6. The van der Waals surface area contributed by atoms with Gasteiger partial charge in [0.25, 0.3) is 0 Å². The van der Waals surface area contributed by atoms with Gasteiger partial charge in [0.1, 0.15) is 5.58 Å². The predicted molar refractivity (Wildman–Crippen MR) is 83.3 cm³/mol. The summed E-state index contributed by atoms with van der Waals surface area (Å²) in [6.07, 6.45) is 0. The van der Waals surface area contributed by atoms with Crippen molar-refractivity contribution in [3.63, 3.8) is 0 Å². The minimum atomic E-state index is 0.00429. The van der Waals surface area contributed by atoms with Crippen LogP contribution in [0.1, 0.15) is 16.1 Å². The van der Waals surface area contributed by atoms with E-state index in [2.05, 4.69) is 12.1 Å². The molecule has 21 heavy (non-hydrogen) atoms. The first-order chi connectivity index (χ1) is 10.2. The number of rotatable bonds is 5. The topological polar surface area (TPSA) is 33.5 Å². The van der Waals surface area contributed by atoms with Crippen molar-refractivity contribution in [3.05, 3.63) is 72.0 Å². The maximum absolute atomic E-state index is 12.3. The number of hydrogen-bond donors (Lipinski definition) is 0. The summed E-state index contributed by atoms with van der Waals surface area (Å²) in [5.74, 6) is 0.431. The largest absolute Gasteiger partial charge is 0.453 e. The normalized spacial score (nSPS) is 11.1. The fraction of sp³-hybridized carbons (Fsp3) is 0.167. The lowest BCUT2D eigenvalue weighted by Gasteiger charge is -2.14. The molecule has 1 heterocycles. The van der Waals surface area contributed by atoms with E-state index >= 15 is 0 Å². The Balaban J connectivity index is 1.68. The van der Waals surface area contributed by atoms with Crippen LogP contribution in [0.15, 0.2) is 65.1 Å². The third-order valence-corrected chi connectivity index (χ3v) is 3.41. The van der Waals surface area contributed by atoms with Gasteiger partial charge in [0.2, 0.25) is 5.78 Å². The van der Waals surface area contributed by atoms with Crippen molar-refractivity contribution in [2.75, 3.05) is 13.6 Å². The zero-order valence-electron chi connectivity index (χ0n) is 12.0. The molecule has 3 rings (SSSR count). The number of Topliss-reactive ketones (excluding diaryl/α,β-unsaturated/α-hetero) is 1. The molecular weight excluding hydrogens is 262 g/mol. The van der Waals surface area contributed by atoms with E-state index in [1.807, 2.05) is 60.5 Å². The second-order valence-corrected chi connectivity index (χ2v) is 5.23. The van der Waals surface area contributed by atoms with Crippen LogP contribution in [0.2, 0.25) is 0 Å². The highest BCUT2D eigenvalue weighted by Crippen LogP contribution is 2.19. The van der Waals surface area contributed by atoms with Crippen LogP contribution in [0.5, 0.6) is 0 Å². The SMILES string of the molecule is CN(CC(=O)c1cc2ccccc2o1)Cc1ccccc1. The van der Waals surface area contributed by atoms with E-state index in [0.717, 1.165) is 17.5 Å². The van der Waals surface area contributed by atoms with E-state index in [0.29, 0.717) is 12.3 Å². The van der Waals surface area contributed by atoms with Crippen molar-refractivity contribution < 1.29 is 9.21 Å². The Morgan fingerprint density at radius 3 is 2.52 bits per heavy atom. The maximum Gasteiger partial charge on any atom is 0.211 e. The van der Waals surface area contributed by atoms with E-state index in [1.165, 1.54) is 5.56 Å². The summed E-state index contributed by atoms with van der Waals surface area (Å²) in [4.78, 5) is 14.3. The molecule has 0 atom stereocenters. The molecule has 0 saturated carbocycles. The van der Waals surface area contributed by atoms with Gasteiger partial charge in [0.05, 0.1) is 6.54 Å². The summed E-state index contributed by atoms with van der Waals surface area (Å²) in [5, 5.41) is 0.964. The summed E-state index contributed by atoms with van der Waals surface area (Å²) in [7, 11) is 1.94. The molecule has 0 aliphatic carbocycles. The number of ketones is 1. The Hall–Kier alpha value is -2.39. The molecule has 0 spiro atoms. The Morgan fingerprint density at radius 2 is 1.76 bits per heavy atom. The van der Waals surface area contributed by atoms with Crippen LogP contribution >= 0.6 is 0 Å².